The van der Waals surface area contributed by atoms with E-state index in [9.17, 15) is 4.79 Å². The van der Waals surface area contributed by atoms with Gasteiger partial charge in [0.05, 0.1) is 17.7 Å². The van der Waals surface area contributed by atoms with E-state index < -0.39 is 0 Å². The number of ether oxygens (including phenoxy) is 1. The van der Waals surface area contributed by atoms with Crippen LogP contribution in [0.15, 0.2) is 0 Å². The molecule has 116 valence electrons. The molecule has 4 nitrogen and oxygen atoms in total. The molecule has 21 heavy (non-hydrogen) atoms. The third-order valence-electron chi connectivity index (χ3n) is 4.56. The Kier molecular flexibility index (Phi) is 4.11. The molecule has 1 unspecified atom stereocenters. The Bertz CT molecular complexity index is 537. The van der Waals surface area contributed by atoms with E-state index in [1.807, 2.05) is 0 Å². The second-order valence-electron chi connectivity index (χ2n) is 6.34. The largest absolute Gasteiger partial charge is 0.492 e. The Morgan fingerprint density at radius 3 is 2.71 bits per heavy atom. The third-order valence-corrected chi connectivity index (χ3v) is 5.82. The number of nitrogens with two attached hydrogens (primary N) is 1. The molecule has 2 fully saturated rings. The van der Waals surface area contributed by atoms with Crippen LogP contribution in [0.4, 0.5) is 10.7 Å². The second-order valence-corrected chi connectivity index (χ2v) is 7.34. The average Bonchev–Trinajstić information content (AvgIpc) is 3.27. The molecule has 5 heteroatoms. The molecule has 1 aromatic rings. The van der Waals surface area contributed by atoms with Crippen LogP contribution in [-0.4, -0.2) is 26.0 Å². The summed E-state index contributed by atoms with van der Waals surface area (Å²) in [5.74, 6) is 1.89. The monoisotopic (exact) mass is 308 g/mol. The Morgan fingerprint density at radius 1 is 1.29 bits per heavy atom. The number of carbonyl (C=O) groups excluding carboxylic acids is 1. The minimum Gasteiger partial charge on any atom is -0.492 e. The van der Waals surface area contributed by atoms with Crippen LogP contribution < -0.4 is 15.4 Å². The summed E-state index contributed by atoms with van der Waals surface area (Å²) in [7, 11) is 1.65. The van der Waals surface area contributed by atoms with Crippen molar-refractivity contribution in [1.82, 2.24) is 0 Å². The van der Waals surface area contributed by atoms with E-state index in [1.54, 1.807) is 7.11 Å². The van der Waals surface area contributed by atoms with Crippen molar-refractivity contribution < 1.29 is 9.53 Å². The van der Waals surface area contributed by atoms with E-state index in [2.05, 4.69) is 11.8 Å². The van der Waals surface area contributed by atoms with Crippen molar-refractivity contribution in [2.75, 3.05) is 30.8 Å². The van der Waals surface area contributed by atoms with Gasteiger partial charge < -0.3 is 15.4 Å². The highest BCUT2D eigenvalue weighted by Crippen LogP contribution is 2.48. The first-order chi connectivity index (χ1) is 10.1. The summed E-state index contributed by atoms with van der Waals surface area (Å²) < 4.78 is 5.52. The summed E-state index contributed by atoms with van der Waals surface area (Å²) in [5, 5.41) is 1.05. The van der Waals surface area contributed by atoms with Gasteiger partial charge in [-0.3, -0.25) is 4.79 Å². The molecular weight excluding hydrogens is 284 g/mol. The number of rotatable bonds is 4. The number of thiophene rings is 1. The fraction of sp³-hybridized carbons (Fsp3) is 0.688. The van der Waals surface area contributed by atoms with E-state index in [0.29, 0.717) is 16.3 Å². The van der Waals surface area contributed by atoms with Gasteiger partial charge in [-0.2, -0.15) is 0 Å². The SMILES string of the molecule is COc1c(N2CCCC(C)CC2)sc(C(=O)C2CC2)c1N. The minimum absolute atomic E-state index is 0.202. The van der Waals surface area contributed by atoms with Crippen molar-refractivity contribution in [3.63, 3.8) is 0 Å². The van der Waals surface area contributed by atoms with Crippen LogP contribution in [0, 0.1) is 11.8 Å². The molecule has 1 aliphatic carbocycles. The normalized spacial score (nSPS) is 23.0. The molecule has 0 bridgehead atoms. The van der Waals surface area contributed by atoms with Crippen LogP contribution in [0.25, 0.3) is 0 Å². The molecule has 3 rings (SSSR count). The zero-order valence-electron chi connectivity index (χ0n) is 12.9. The Hall–Kier alpha value is -1.23. The summed E-state index contributed by atoms with van der Waals surface area (Å²) in [6.07, 6.45) is 5.67. The van der Waals surface area contributed by atoms with Crippen molar-refractivity contribution in [1.29, 1.82) is 0 Å². The highest BCUT2D eigenvalue weighted by Gasteiger charge is 2.35. The Labute approximate surface area is 130 Å². The van der Waals surface area contributed by atoms with Gasteiger partial charge in [0.15, 0.2) is 11.5 Å². The molecule has 1 atom stereocenters. The third kappa shape index (κ3) is 2.89. The summed E-state index contributed by atoms with van der Waals surface area (Å²) in [6, 6.07) is 0. The quantitative estimate of drug-likeness (QED) is 0.864. The predicted octanol–water partition coefficient (Wildman–Crippen LogP) is 3.56. The summed E-state index contributed by atoms with van der Waals surface area (Å²) >= 11 is 1.53. The smallest absolute Gasteiger partial charge is 0.178 e. The maximum Gasteiger partial charge on any atom is 0.178 e. The van der Waals surface area contributed by atoms with Crippen molar-refractivity contribution in [3.8, 4) is 5.75 Å². The van der Waals surface area contributed by atoms with Crippen molar-refractivity contribution in [3.05, 3.63) is 4.88 Å². The lowest BCUT2D eigenvalue weighted by molar-refractivity contribution is 0.0972. The number of Topliss-reactive ketones (excluding diaryl/α,β-unsaturated/α-hetero) is 1. The van der Waals surface area contributed by atoms with Gasteiger partial charge in [0.2, 0.25) is 0 Å². The fourth-order valence-corrected chi connectivity index (χ4v) is 4.26. The van der Waals surface area contributed by atoms with E-state index in [-0.39, 0.29) is 11.7 Å². The first-order valence-corrected chi connectivity index (χ1v) is 8.68. The number of methoxy groups -OCH3 is 1. The molecule has 2 heterocycles. The minimum atomic E-state index is 0.202. The Balaban J connectivity index is 1.89. The molecule has 0 spiro atoms. The fourth-order valence-electron chi connectivity index (χ4n) is 3.00. The number of hydrogen-bond acceptors (Lipinski definition) is 5. The van der Waals surface area contributed by atoms with E-state index in [1.165, 1.54) is 30.6 Å². The van der Waals surface area contributed by atoms with Crippen LogP contribution in [0.5, 0.6) is 5.75 Å². The van der Waals surface area contributed by atoms with Gasteiger partial charge in [0.1, 0.15) is 5.00 Å². The molecule has 1 saturated heterocycles. The number of nitrogens with zero attached hydrogens (tertiary/aromatic N) is 1. The maximum atomic E-state index is 12.4. The van der Waals surface area contributed by atoms with Gasteiger partial charge >= 0.3 is 0 Å². The van der Waals surface area contributed by atoms with Crippen LogP contribution >= 0.6 is 11.3 Å². The second kappa shape index (κ2) is 5.87. The number of ketones is 1. The van der Waals surface area contributed by atoms with E-state index >= 15 is 0 Å². The van der Waals surface area contributed by atoms with Crippen LogP contribution in [0.2, 0.25) is 0 Å². The van der Waals surface area contributed by atoms with Crippen molar-refractivity contribution in [2.24, 2.45) is 11.8 Å². The number of hydrogen-bond donors (Lipinski definition) is 1. The molecule has 1 aliphatic heterocycles. The van der Waals surface area contributed by atoms with Gasteiger partial charge in [-0.25, -0.2) is 0 Å². The first-order valence-electron chi connectivity index (χ1n) is 7.87. The molecule has 1 saturated carbocycles. The molecule has 1 aromatic heterocycles. The lowest BCUT2D eigenvalue weighted by Crippen LogP contribution is -2.23. The Morgan fingerprint density at radius 2 is 2.05 bits per heavy atom. The lowest BCUT2D eigenvalue weighted by atomic mass is 10.0. The predicted molar refractivity (Wildman–Crippen MR) is 87.6 cm³/mol. The molecular formula is C16H24N2O2S. The highest BCUT2D eigenvalue weighted by atomic mass is 32.1. The van der Waals surface area contributed by atoms with Gasteiger partial charge in [-0.15, -0.1) is 11.3 Å². The summed E-state index contributed by atoms with van der Waals surface area (Å²) in [4.78, 5) is 15.4. The molecule has 0 aromatic carbocycles. The van der Waals surface area contributed by atoms with Gasteiger partial charge in [0, 0.05) is 19.0 Å². The van der Waals surface area contributed by atoms with Crippen LogP contribution in [0.1, 0.15) is 48.7 Å². The van der Waals surface area contributed by atoms with Crippen LogP contribution in [-0.2, 0) is 0 Å². The summed E-state index contributed by atoms with van der Waals surface area (Å²) in [6.45, 7) is 4.36. The number of nitrogen functional groups attached to an aromatic ring is 1. The first kappa shape index (κ1) is 14.7. The van der Waals surface area contributed by atoms with Crippen molar-refractivity contribution >= 4 is 27.8 Å². The standard InChI is InChI=1S/C16H24N2O2S/c1-10-4-3-8-18(9-7-10)16-14(20-2)12(17)15(21-16)13(19)11-5-6-11/h10-11H,3-9,17H2,1-2H3. The maximum absolute atomic E-state index is 12.4. The highest BCUT2D eigenvalue weighted by molar-refractivity contribution is 7.19. The molecule has 0 amide bonds. The number of anilines is 2. The van der Waals surface area contributed by atoms with E-state index in [4.69, 9.17) is 10.5 Å². The molecule has 2 N–H and O–H groups in total. The van der Waals surface area contributed by atoms with Gasteiger partial charge in [-0.1, -0.05) is 6.92 Å². The van der Waals surface area contributed by atoms with Gasteiger partial charge in [-0.05, 0) is 38.0 Å². The van der Waals surface area contributed by atoms with E-state index in [0.717, 1.165) is 36.9 Å². The number of carbonyl (C=O) groups is 1. The molecule has 2 aliphatic rings. The summed E-state index contributed by atoms with van der Waals surface area (Å²) in [5.41, 5.74) is 6.74. The topological polar surface area (TPSA) is 55.6 Å². The average molecular weight is 308 g/mol. The van der Waals surface area contributed by atoms with Gasteiger partial charge in [0.25, 0.3) is 0 Å². The van der Waals surface area contributed by atoms with Crippen molar-refractivity contribution in [2.45, 2.75) is 39.0 Å². The zero-order chi connectivity index (χ0) is 15.0. The molecule has 0 radical (unpaired) electrons. The zero-order valence-corrected chi connectivity index (χ0v) is 13.7. The lowest BCUT2D eigenvalue weighted by Gasteiger charge is -2.21. The van der Waals surface area contributed by atoms with Crippen LogP contribution in [0.3, 0.4) is 0 Å².